The SMILES string of the molecule is C[C@H](CC(=O)N1CCC(Oc2ccc(Cl)cc2)CC1)n1ccnc1. The van der Waals surface area contributed by atoms with Gasteiger partial charge in [-0.1, -0.05) is 11.6 Å². The second-order valence-electron chi connectivity index (χ2n) is 6.21. The van der Waals surface area contributed by atoms with Crippen molar-refractivity contribution in [2.45, 2.75) is 38.3 Å². The van der Waals surface area contributed by atoms with E-state index in [1.807, 2.05) is 46.9 Å². The molecule has 0 bridgehead atoms. The summed E-state index contributed by atoms with van der Waals surface area (Å²) in [6.45, 7) is 3.53. The molecule has 1 aliphatic heterocycles. The van der Waals surface area contributed by atoms with Gasteiger partial charge in [-0.25, -0.2) is 4.98 Å². The maximum atomic E-state index is 12.4. The van der Waals surface area contributed by atoms with Crippen LogP contribution in [0.2, 0.25) is 5.02 Å². The molecule has 1 aromatic heterocycles. The molecular formula is C18H22ClN3O2. The normalized spacial score (nSPS) is 16.8. The van der Waals surface area contributed by atoms with Crippen molar-refractivity contribution in [1.29, 1.82) is 0 Å². The molecule has 0 radical (unpaired) electrons. The Hall–Kier alpha value is -2.01. The summed E-state index contributed by atoms with van der Waals surface area (Å²) in [5.74, 6) is 1.03. The van der Waals surface area contributed by atoms with Crippen molar-refractivity contribution >= 4 is 17.5 Å². The number of piperidine rings is 1. The number of carbonyl (C=O) groups excluding carboxylic acids is 1. The third-order valence-electron chi connectivity index (χ3n) is 4.41. The van der Waals surface area contributed by atoms with Crippen LogP contribution >= 0.6 is 11.6 Å². The maximum absolute atomic E-state index is 12.4. The van der Waals surface area contributed by atoms with Gasteiger partial charge < -0.3 is 14.2 Å². The molecule has 128 valence electrons. The lowest BCUT2D eigenvalue weighted by molar-refractivity contribution is -0.133. The lowest BCUT2D eigenvalue weighted by Crippen LogP contribution is -2.42. The fraction of sp³-hybridized carbons (Fsp3) is 0.444. The first-order chi connectivity index (χ1) is 11.6. The van der Waals surface area contributed by atoms with E-state index in [1.54, 1.807) is 12.5 Å². The van der Waals surface area contributed by atoms with Gasteiger partial charge in [-0.05, 0) is 31.2 Å². The molecule has 1 saturated heterocycles. The van der Waals surface area contributed by atoms with Gasteiger partial charge in [-0.3, -0.25) is 4.79 Å². The first kappa shape index (κ1) is 16.8. The average molecular weight is 348 g/mol. The number of likely N-dealkylation sites (tertiary alicyclic amines) is 1. The van der Waals surface area contributed by atoms with Gasteiger partial charge in [-0.2, -0.15) is 0 Å². The predicted octanol–water partition coefficient (Wildman–Crippen LogP) is 3.56. The van der Waals surface area contributed by atoms with Crippen molar-refractivity contribution in [2.24, 2.45) is 0 Å². The van der Waals surface area contributed by atoms with Crippen molar-refractivity contribution in [3.05, 3.63) is 48.0 Å². The van der Waals surface area contributed by atoms with Crippen LogP contribution in [0.4, 0.5) is 0 Å². The Morgan fingerprint density at radius 3 is 2.67 bits per heavy atom. The van der Waals surface area contributed by atoms with Crippen LogP contribution in [0.25, 0.3) is 0 Å². The molecule has 3 rings (SSSR count). The number of benzene rings is 1. The summed E-state index contributed by atoms with van der Waals surface area (Å²) < 4.78 is 7.94. The van der Waals surface area contributed by atoms with E-state index < -0.39 is 0 Å². The Labute approximate surface area is 147 Å². The first-order valence-corrected chi connectivity index (χ1v) is 8.67. The van der Waals surface area contributed by atoms with Crippen molar-refractivity contribution in [3.63, 3.8) is 0 Å². The third kappa shape index (κ3) is 4.29. The molecule has 1 aliphatic rings. The molecule has 1 amide bonds. The number of halogens is 1. The fourth-order valence-corrected chi connectivity index (χ4v) is 3.07. The highest BCUT2D eigenvalue weighted by Crippen LogP contribution is 2.22. The highest BCUT2D eigenvalue weighted by Gasteiger charge is 2.25. The zero-order chi connectivity index (χ0) is 16.9. The van der Waals surface area contributed by atoms with E-state index in [0.29, 0.717) is 11.4 Å². The largest absolute Gasteiger partial charge is 0.490 e. The Bertz CT molecular complexity index is 649. The monoisotopic (exact) mass is 347 g/mol. The van der Waals surface area contributed by atoms with E-state index in [4.69, 9.17) is 16.3 Å². The molecule has 2 aromatic rings. The van der Waals surface area contributed by atoms with Crippen molar-refractivity contribution < 1.29 is 9.53 Å². The van der Waals surface area contributed by atoms with Crippen LogP contribution in [0.3, 0.4) is 0 Å². The summed E-state index contributed by atoms with van der Waals surface area (Å²) in [5, 5.41) is 0.703. The van der Waals surface area contributed by atoms with E-state index in [9.17, 15) is 4.79 Å². The number of hydrogen-bond acceptors (Lipinski definition) is 3. The molecule has 5 nitrogen and oxygen atoms in total. The smallest absolute Gasteiger partial charge is 0.224 e. The average Bonchev–Trinajstić information content (AvgIpc) is 3.12. The van der Waals surface area contributed by atoms with Gasteiger partial charge in [0.15, 0.2) is 0 Å². The number of hydrogen-bond donors (Lipinski definition) is 0. The Kier molecular flexibility index (Phi) is 5.41. The summed E-state index contributed by atoms with van der Waals surface area (Å²) in [7, 11) is 0. The Morgan fingerprint density at radius 2 is 2.04 bits per heavy atom. The van der Waals surface area contributed by atoms with E-state index in [2.05, 4.69) is 4.98 Å². The molecule has 24 heavy (non-hydrogen) atoms. The molecule has 6 heteroatoms. The Morgan fingerprint density at radius 1 is 1.33 bits per heavy atom. The summed E-state index contributed by atoms with van der Waals surface area (Å²) in [4.78, 5) is 18.4. The van der Waals surface area contributed by atoms with Gasteiger partial charge in [0.2, 0.25) is 5.91 Å². The molecule has 0 spiro atoms. The number of ether oxygens (including phenoxy) is 1. The van der Waals surface area contributed by atoms with E-state index >= 15 is 0 Å². The highest BCUT2D eigenvalue weighted by atomic mass is 35.5. The van der Waals surface area contributed by atoms with Crippen molar-refractivity contribution in [2.75, 3.05) is 13.1 Å². The van der Waals surface area contributed by atoms with E-state index in [-0.39, 0.29) is 18.1 Å². The van der Waals surface area contributed by atoms with Crippen LogP contribution < -0.4 is 4.74 Å². The summed E-state index contributed by atoms with van der Waals surface area (Å²) >= 11 is 5.88. The van der Waals surface area contributed by atoms with Gasteiger partial charge in [0.25, 0.3) is 0 Å². The summed E-state index contributed by atoms with van der Waals surface area (Å²) in [6, 6.07) is 7.54. The zero-order valence-electron chi connectivity index (χ0n) is 13.8. The number of nitrogens with zero attached hydrogens (tertiary/aromatic N) is 3. The van der Waals surface area contributed by atoms with Gasteiger partial charge in [0.1, 0.15) is 11.9 Å². The minimum Gasteiger partial charge on any atom is -0.490 e. The lowest BCUT2D eigenvalue weighted by Gasteiger charge is -2.33. The standard InChI is InChI=1S/C18H22ClN3O2/c1-14(22-11-8-20-13-22)12-18(23)21-9-6-17(7-10-21)24-16-4-2-15(19)3-5-16/h2-5,8,11,13-14,17H,6-7,9-10,12H2,1H3/t14-/m1/s1. The molecule has 0 saturated carbocycles. The molecule has 1 fully saturated rings. The predicted molar refractivity (Wildman–Crippen MR) is 93.2 cm³/mol. The Balaban J connectivity index is 1.46. The molecule has 0 N–H and O–H groups in total. The number of carbonyl (C=O) groups is 1. The van der Waals surface area contributed by atoms with E-state index in [1.165, 1.54) is 0 Å². The molecule has 2 heterocycles. The van der Waals surface area contributed by atoms with Gasteiger partial charge in [-0.15, -0.1) is 0 Å². The maximum Gasteiger partial charge on any atom is 0.224 e. The molecule has 1 atom stereocenters. The highest BCUT2D eigenvalue weighted by molar-refractivity contribution is 6.30. The number of imidazole rings is 1. The second kappa shape index (κ2) is 7.71. The second-order valence-corrected chi connectivity index (χ2v) is 6.65. The summed E-state index contributed by atoms with van der Waals surface area (Å²) in [6.07, 6.45) is 7.75. The summed E-state index contributed by atoms with van der Waals surface area (Å²) in [5.41, 5.74) is 0. The topological polar surface area (TPSA) is 47.4 Å². The third-order valence-corrected chi connectivity index (χ3v) is 4.67. The minimum atomic E-state index is 0.128. The van der Waals surface area contributed by atoms with Crippen LogP contribution in [0.1, 0.15) is 32.2 Å². The van der Waals surface area contributed by atoms with Crippen LogP contribution in [-0.4, -0.2) is 39.6 Å². The molecular weight excluding hydrogens is 326 g/mol. The number of amides is 1. The lowest BCUT2D eigenvalue weighted by atomic mass is 10.1. The van der Waals surface area contributed by atoms with Gasteiger partial charge in [0, 0.05) is 55.8 Å². The zero-order valence-corrected chi connectivity index (χ0v) is 14.5. The van der Waals surface area contributed by atoms with E-state index in [0.717, 1.165) is 31.7 Å². The van der Waals surface area contributed by atoms with Gasteiger partial charge in [0.05, 0.1) is 6.33 Å². The van der Waals surface area contributed by atoms with Crippen LogP contribution in [0.15, 0.2) is 43.0 Å². The number of aromatic nitrogens is 2. The first-order valence-electron chi connectivity index (χ1n) is 8.29. The number of rotatable bonds is 5. The van der Waals surface area contributed by atoms with Crippen LogP contribution in [-0.2, 0) is 4.79 Å². The molecule has 0 aliphatic carbocycles. The quantitative estimate of drug-likeness (QED) is 0.830. The molecule has 0 unspecified atom stereocenters. The van der Waals surface area contributed by atoms with Gasteiger partial charge >= 0.3 is 0 Å². The van der Waals surface area contributed by atoms with Crippen LogP contribution in [0.5, 0.6) is 5.75 Å². The van der Waals surface area contributed by atoms with Crippen molar-refractivity contribution in [3.8, 4) is 5.75 Å². The molecule has 1 aromatic carbocycles. The van der Waals surface area contributed by atoms with Crippen LogP contribution in [0, 0.1) is 0 Å². The minimum absolute atomic E-state index is 0.128. The fourth-order valence-electron chi connectivity index (χ4n) is 2.95. The van der Waals surface area contributed by atoms with Crippen molar-refractivity contribution in [1.82, 2.24) is 14.5 Å².